The zero-order chi connectivity index (χ0) is 39.3. The number of carboxylic acids is 1. The van der Waals surface area contributed by atoms with Gasteiger partial charge in [0.05, 0.1) is 40.3 Å². The van der Waals surface area contributed by atoms with Gasteiger partial charge in [0.25, 0.3) is 0 Å². The molecule has 0 aliphatic rings. The highest BCUT2D eigenvalue weighted by atomic mass is 16.6. The molecule has 2 atom stereocenters. The van der Waals surface area contributed by atoms with Gasteiger partial charge in [-0.15, -0.1) is 0 Å². The van der Waals surface area contributed by atoms with Gasteiger partial charge in [-0.3, -0.25) is 9.59 Å². The van der Waals surface area contributed by atoms with Crippen LogP contribution in [0.4, 0.5) is 0 Å². The van der Waals surface area contributed by atoms with E-state index in [-0.39, 0.29) is 42.7 Å². The largest absolute Gasteiger partial charge is 0.544 e. The summed E-state index contributed by atoms with van der Waals surface area (Å²) in [5.41, 5.74) is 0. The van der Waals surface area contributed by atoms with E-state index in [1.54, 1.807) is 21.1 Å². The summed E-state index contributed by atoms with van der Waals surface area (Å²) in [4.78, 5) is 36.8. The van der Waals surface area contributed by atoms with Gasteiger partial charge in [-0.1, -0.05) is 160 Å². The molecule has 0 aromatic rings. The van der Waals surface area contributed by atoms with Crippen LogP contribution in [0.5, 0.6) is 0 Å². The van der Waals surface area contributed by atoms with Crippen LogP contribution in [0.1, 0.15) is 194 Å². The summed E-state index contributed by atoms with van der Waals surface area (Å²) in [5.74, 6) is -1.74. The molecule has 0 aromatic carbocycles. The number of nitrogens with zero attached hydrogens (tertiary/aromatic N) is 1. The van der Waals surface area contributed by atoms with Crippen LogP contribution < -0.4 is 5.11 Å². The first-order valence-electron chi connectivity index (χ1n) is 21.9. The summed E-state index contributed by atoms with van der Waals surface area (Å²) in [5, 5.41) is 11.6. The fourth-order valence-electron chi connectivity index (χ4n) is 6.41. The van der Waals surface area contributed by atoms with E-state index < -0.39 is 18.1 Å². The maximum absolute atomic E-state index is 12.7. The van der Waals surface area contributed by atoms with Gasteiger partial charge in [0.15, 0.2) is 6.10 Å². The van der Waals surface area contributed by atoms with E-state index in [2.05, 4.69) is 38.2 Å². The van der Waals surface area contributed by atoms with Crippen molar-refractivity contribution in [2.75, 3.05) is 41.0 Å². The summed E-state index contributed by atoms with van der Waals surface area (Å²) in [6.45, 7) is 4.63. The number of hydrogen-bond acceptors (Lipinski definition) is 7. The second-order valence-corrected chi connectivity index (χ2v) is 16.0. The summed E-state index contributed by atoms with van der Waals surface area (Å²) in [6, 6.07) is -0.724. The molecule has 310 valence electrons. The molecule has 0 bridgehead atoms. The van der Waals surface area contributed by atoms with E-state index in [0.717, 1.165) is 51.4 Å². The van der Waals surface area contributed by atoms with Crippen molar-refractivity contribution >= 4 is 17.9 Å². The lowest BCUT2D eigenvalue weighted by molar-refractivity contribution is -0.889. The minimum atomic E-state index is -1.13. The van der Waals surface area contributed by atoms with Gasteiger partial charge in [-0.25, -0.2) is 0 Å². The molecular formula is C45H83NO7. The Hall–Kier alpha value is -2.19. The summed E-state index contributed by atoms with van der Waals surface area (Å²) < 4.78 is 17.2. The molecular weight excluding hydrogens is 666 g/mol. The van der Waals surface area contributed by atoms with Gasteiger partial charge in [0, 0.05) is 19.3 Å². The van der Waals surface area contributed by atoms with Crippen LogP contribution in [0.3, 0.4) is 0 Å². The average molecular weight is 750 g/mol. The fourth-order valence-corrected chi connectivity index (χ4v) is 6.41. The van der Waals surface area contributed by atoms with Crippen molar-refractivity contribution in [1.82, 2.24) is 0 Å². The summed E-state index contributed by atoms with van der Waals surface area (Å²) in [6.07, 6.45) is 39.0. The topological polar surface area (TPSA) is 102 Å². The van der Waals surface area contributed by atoms with Crippen LogP contribution in [0.2, 0.25) is 0 Å². The van der Waals surface area contributed by atoms with Crippen LogP contribution in [0.25, 0.3) is 0 Å². The zero-order valence-corrected chi connectivity index (χ0v) is 35.2. The Morgan fingerprint density at radius 2 is 0.981 bits per heavy atom. The molecule has 0 fully saturated rings. The van der Waals surface area contributed by atoms with E-state index in [4.69, 9.17) is 14.2 Å². The van der Waals surface area contributed by atoms with Crippen molar-refractivity contribution in [2.45, 2.75) is 206 Å². The van der Waals surface area contributed by atoms with Crippen LogP contribution in [0.15, 0.2) is 24.3 Å². The molecule has 0 rings (SSSR count). The maximum Gasteiger partial charge on any atom is 0.306 e. The van der Waals surface area contributed by atoms with Crippen molar-refractivity contribution in [3.63, 3.8) is 0 Å². The number of carbonyl (C=O) groups is 3. The molecule has 0 aromatic heterocycles. The van der Waals surface area contributed by atoms with Gasteiger partial charge < -0.3 is 28.6 Å². The minimum absolute atomic E-state index is 0.0408. The van der Waals surface area contributed by atoms with Gasteiger partial charge in [-0.05, 0) is 38.5 Å². The number of hydrogen-bond donors (Lipinski definition) is 0. The molecule has 0 N–H and O–H groups in total. The Labute approximate surface area is 326 Å². The SMILES string of the molecule is CCCCC/C=C/C=C/CCCCCCCCC(=O)OCC(COCCC(C(=O)[O-])[N+](C)(C)C)OC(=O)CCCCCCCCCCCCCCCC. The molecule has 2 unspecified atom stereocenters. The molecule has 0 saturated carbocycles. The molecule has 0 radical (unpaired) electrons. The molecule has 0 spiro atoms. The Balaban J connectivity index is 4.35. The Kier molecular flexibility index (Phi) is 35.2. The van der Waals surface area contributed by atoms with E-state index >= 15 is 0 Å². The number of rotatable bonds is 39. The number of likely N-dealkylation sites (N-methyl/N-ethyl adjacent to an activating group) is 1. The third kappa shape index (κ3) is 35.3. The van der Waals surface area contributed by atoms with E-state index in [1.165, 1.54) is 109 Å². The number of quaternary nitrogens is 1. The van der Waals surface area contributed by atoms with E-state index in [0.29, 0.717) is 12.8 Å². The second-order valence-electron chi connectivity index (χ2n) is 16.0. The molecule has 8 nitrogen and oxygen atoms in total. The monoisotopic (exact) mass is 750 g/mol. The lowest BCUT2D eigenvalue weighted by Gasteiger charge is -2.34. The van der Waals surface area contributed by atoms with E-state index in [1.807, 2.05) is 0 Å². The molecule has 53 heavy (non-hydrogen) atoms. The number of esters is 2. The first kappa shape index (κ1) is 50.8. The lowest BCUT2D eigenvalue weighted by Crippen LogP contribution is -2.55. The number of ether oxygens (including phenoxy) is 3. The van der Waals surface area contributed by atoms with Crippen molar-refractivity contribution < 1.29 is 38.2 Å². The third-order valence-electron chi connectivity index (χ3n) is 9.87. The zero-order valence-electron chi connectivity index (χ0n) is 35.2. The highest BCUT2D eigenvalue weighted by Crippen LogP contribution is 2.15. The first-order chi connectivity index (χ1) is 25.6. The predicted octanol–water partition coefficient (Wildman–Crippen LogP) is 10.4. The maximum atomic E-state index is 12.7. The third-order valence-corrected chi connectivity index (χ3v) is 9.87. The van der Waals surface area contributed by atoms with Crippen molar-refractivity contribution in [3.05, 3.63) is 24.3 Å². The van der Waals surface area contributed by atoms with Crippen molar-refractivity contribution in [1.29, 1.82) is 0 Å². The van der Waals surface area contributed by atoms with Crippen LogP contribution in [-0.4, -0.2) is 75.5 Å². The van der Waals surface area contributed by atoms with Gasteiger partial charge >= 0.3 is 11.9 Å². The predicted molar refractivity (Wildman–Crippen MR) is 217 cm³/mol. The second kappa shape index (κ2) is 36.8. The Morgan fingerprint density at radius 3 is 1.45 bits per heavy atom. The number of carbonyl (C=O) groups excluding carboxylic acids is 3. The smallest absolute Gasteiger partial charge is 0.306 e. The molecule has 0 saturated heterocycles. The summed E-state index contributed by atoms with van der Waals surface area (Å²) in [7, 11) is 5.41. The molecule has 0 heterocycles. The number of unbranched alkanes of at least 4 members (excludes halogenated alkanes) is 22. The first-order valence-corrected chi connectivity index (χ1v) is 21.9. The van der Waals surface area contributed by atoms with Crippen molar-refractivity contribution in [2.24, 2.45) is 0 Å². The Morgan fingerprint density at radius 1 is 0.566 bits per heavy atom. The summed E-state index contributed by atoms with van der Waals surface area (Å²) >= 11 is 0. The minimum Gasteiger partial charge on any atom is -0.544 e. The Bertz CT molecular complexity index is 926. The van der Waals surface area contributed by atoms with Crippen LogP contribution in [0, 0.1) is 0 Å². The number of carboxylic acid groups (broad SMARTS) is 1. The highest BCUT2D eigenvalue weighted by Gasteiger charge is 2.25. The van der Waals surface area contributed by atoms with E-state index in [9.17, 15) is 19.5 Å². The van der Waals surface area contributed by atoms with Crippen LogP contribution >= 0.6 is 0 Å². The standard InChI is InChI=1S/C45H83NO7/c1-6-8-10-12-14-16-18-20-22-24-25-27-29-31-33-35-43(47)52-40-41(39-51-38-37-42(45(49)50)46(3,4)5)53-44(48)36-34-32-30-28-26-23-21-19-17-15-13-11-9-7-2/h14,16,18,20,41-42H,6-13,15,17,19,21-40H2,1-5H3/b16-14+,20-18+. The molecule has 0 amide bonds. The quantitative estimate of drug-likeness (QED) is 0.0267. The fraction of sp³-hybridized carbons (Fsp3) is 0.844. The molecule has 8 heteroatoms. The molecule has 0 aliphatic carbocycles. The average Bonchev–Trinajstić information content (AvgIpc) is 3.11. The van der Waals surface area contributed by atoms with Gasteiger partial charge in [-0.2, -0.15) is 0 Å². The van der Waals surface area contributed by atoms with Gasteiger partial charge in [0.2, 0.25) is 0 Å². The molecule has 0 aliphatic heterocycles. The van der Waals surface area contributed by atoms with Crippen molar-refractivity contribution in [3.8, 4) is 0 Å². The van der Waals surface area contributed by atoms with Crippen LogP contribution in [-0.2, 0) is 28.6 Å². The number of allylic oxidation sites excluding steroid dienone is 4. The van der Waals surface area contributed by atoms with Gasteiger partial charge in [0.1, 0.15) is 12.6 Å². The normalized spacial score (nSPS) is 13.2. The number of aliphatic carboxylic acids is 1. The lowest BCUT2D eigenvalue weighted by atomic mass is 10.0. The highest BCUT2D eigenvalue weighted by molar-refractivity contribution is 5.70.